The van der Waals surface area contributed by atoms with Crippen molar-refractivity contribution in [3.8, 4) is 0 Å². The van der Waals surface area contributed by atoms with Crippen LogP contribution in [0, 0.1) is 11.8 Å². The smallest absolute Gasteiger partial charge is 0.00865 e. The second kappa shape index (κ2) is 22.6. The molecule has 0 heteroatoms. The molecular weight excluding hydrogens is 384 g/mol. The second-order valence-corrected chi connectivity index (χ2v) is 8.96. The van der Waals surface area contributed by atoms with Gasteiger partial charge < -0.3 is 0 Å². The van der Waals surface area contributed by atoms with Crippen molar-refractivity contribution >= 4 is 0 Å². The van der Waals surface area contributed by atoms with Gasteiger partial charge >= 0.3 is 0 Å². The third kappa shape index (κ3) is 14.5. The van der Waals surface area contributed by atoms with E-state index in [2.05, 4.69) is 102 Å². The minimum absolute atomic E-state index is 0.417. The molecule has 0 fully saturated rings. The van der Waals surface area contributed by atoms with Crippen LogP contribution in [0.15, 0.2) is 71.9 Å². The van der Waals surface area contributed by atoms with Crippen LogP contribution in [0.1, 0.15) is 119 Å². The molecule has 0 aromatic carbocycles. The van der Waals surface area contributed by atoms with Crippen LogP contribution < -0.4 is 0 Å². The van der Waals surface area contributed by atoms with Crippen molar-refractivity contribution in [3.05, 3.63) is 71.9 Å². The first-order valence-corrected chi connectivity index (χ1v) is 13.6. The lowest BCUT2D eigenvalue weighted by Gasteiger charge is -2.25. The first kappa shape index (κ1) is 30.4. The Morgan fingerprint density at radius 3 is 1.69 bits per heavy atom. The van der Waals surface area contributed by atoms with Crippen molar-refractivity contribution in [1.29, 1.82) is 0 Å². The van der Waals surface area contributed by atoms with E-state index in [0.717, 1.165) is 0 Å². The maximum Gasteiger partial charge on any atom is 0.00865 e. The van der Waals surface area contributed by atoms with E-state index in [-0.39, 0.29) is 0 Å². The quantitative estimate of drug-likeness (QED) is 0.107. The molecule has 0 aromatic rings. The Morgan fingerprint density at radius 1 is 0.594 bits per heavy atom. The van der Waals surface area contributed by atoms with Gasteiger partial charge in [0.05, 0.1) is 0 Å². The van der Waals surface area contributed by atoms with Gasteiger partial charge in [0.25, 0.3) is 0 Å². The van der Waals surface area contributed by atoms with E-state index in [4.69, 9.17) is 0 Å². The summed E-state index contributed by atoms with van der Waals surface area (Å²) in [5, 5.41) is 0. The Balaban J connectivity index is 5.33. The normalized spacial score (nSPS) is 14.6. The maximum absolute atomic E-state index is 2.54. The van der Waals surface area contributed by atoms with E-state index in [1.165, 1.54) is 88.2 Å². The molecule has 0 N–H and O–H groups in total. The molecule has 2 unspecified atom stereocenters. The van der Waals surface area contributed by atoms with E-state index < -0.39 is 0 Å². The SMILES string of the molecule is CC=CC(C=CC)=C(C=CC)C(C=CC)C(C=CCCCCCCCCCC)CCCC. The highest BCUT2D eigenvalue weighted by molar-refractivity contribution is 5.44. The Labute approximate surface area is 202 Å². The zero-order valence-electron chi connectivity index (χ0n) is 22.4. The van der Waals surface area contributed by atoms with Crippen LogP contribution in [0.5, 0.6) is 0 Å². The molecule has 182 valence electrons. The van der Waals surface area contributed by atoms with E-state index in [1.807, 2.05) is 0 Å². The van der Waals surface area contributed by atoms with Crippen LogP contribution in [0.2, 0.25) is 0 Å². The minimum Gasteiger partial charge on any atom is -0.0910 e. The highest BCUT2D eigenvalue weighted by atomic mass is 14.2. The third-order valence-corrected chi connectivity index (χ3v) is 6.09. The standard InChI is InChI=1S/C32H54/c1-7-13-15-16-17-18-19-20-21-22-28-30(27-14-8-2)32(26-12-6)31(25-11-5)29(23-9-3)24-10-4/h9-12,22-26,28,30,32H,7-8,13-21,27H2,1-6H3. The molecule has 0 radical (unpaired) electrons. The predicted octanol–water partition coefficient (Wildman–Crippen LogP) is 11.1. The summed E-state index contributed by atoms with van der Waals surface area (Å²) in [4.78, 5) is 0. The molecule has 0 heterocycles. The number of allylic oxidation sites excluding steroid dienone is 12. The van der Waals surface area contributed by atoms with Gasteiger partial charge in [-0.3, -0.25) is 0 Å². The number of unbranched alkanes of at least 4 members (excludes halogenated alkanes) is 9. The lowest BCUT2D eigenvalue weighted by molar-refractivity contribution is 0.477. The molecule has 0 aliphatic heterocycles. The first-order chi connectivity index (χ1) is 15.7. The van der Waals surface area contributed by atoms with Crippen LogP contribution in [-0.4, -0.2) is 0 Å². The van der Waals surface area contributed by atoms with Gasteiger partial charge in [0.1, 0.15) is 0 Å². The molecule has 0 saturated heterocycles. The zero-order valence-corrected chi connectivity index (χ0v) is 22.4. The number of hydrogen-bond acceptors (Lipinski definition) is 0. The van der Waals surface area contributed by atoms with Gasteiger partial charge in [-0.2, -0.15) is 0 Å². The topological polar surface area (TPSA) is 0 Å². The van der Waals surface area contributed by atoms with Crippen molar-refractivity contribution in [2.45, 2.75) is 119 Å². The van der Waals surface area contributed by atoms with Gasteiger partial charge in [-0.15, -0.1) is 0 Å². The highest BCUT2D eigenvalue weighted by Crippen LogP contribution is 2.32. The average molecular weight is 439 g/mol. The molecular formula is C32H54. The lowest BCUT2D eigenvalue weighted by atomic mass is 9.79. The third-order valence-electron chi connectivity index (χ3n) is 6.09. The van der Waals surface area contributed by atoms with Gasteiger partial charge in [0, 0.05) is 5.92 Å². The Kier molecular flexibility index (Phi) is 21.5. The van der Waals surface area contributed by atoms with Crippen LogP contribution in [0.4, 0.5) is 0 Å². The minimum atomic E-state index is 0.417. The Hall–Kier alpha value is -1.56. The molecule has 2 atom stereocenters. The highest BCUT2D eigenvalue weighted by Gasteiger charge is 2.20. The van der Waals surface area contributed by atoms with E-state index in [9.17, 15) is 0 Å². The molecule has 32 heavy (non-hydrogen) atoms. The number of hydrogen-bond donors (Lipinski definition) is 0. The summed E-state index contributed by atoms with van der Waals surface area (Å²) >= 11 is 0. The van der Waals surface area contributed by atoms with Crippen LogP contribution in [0.25, 0.3) is 0 Å². The van der Waals surface area contributed by atoms with Gasteiger partial charge in [-0.05, 0) is 64.0 Å². The summed E-state index contributed by atoms with van der Waals surface area (Å²) in [6.45, 7) is 13.1. The number of rotatable bonds is 19. The first-order valence-electron chi connectivity index (χ1n) is 13.6. The summed E-state index contributed by atoms with van der Waals surface area (Å²) in [5.41, 5.74) is 2.76. The van der Waals surface area contributed by atoms with E-state index >= 15 is 0 Å². The average Bonchev–Trinajstić information content (AvgIpc) is 2.79. The van der Waals surface area contributed by atoms with Gasteiger partial charge in [0.2, 0.25) is 0 Å². The Bertz CT molecular complexity index is 580. The van der Waals surface area contributed by atoms with Gasteiger partial charge in [-0.25, -0.2) is 0 Å². The summed E-state index contributed by atoms with van der Waals surface area (Å²) in [5.74, 6) is 0.969. The molecule has 0 saturated carbocycles. The van der Waals surface area contributed by atoms with Crippen LogP contribution in [-0.2, 0) is 0 Å². The van der Waals surface area contributed by atoms with Crippen molar-refractivity contribution in [2.75, 3.05) is 0 Å². The molecule has 0 aliphatic carbocycles. The Morgan fingerprint density at radius 2 is 1.16 bits per heavy atom. The van der Waals surface area contributed by atoms with Crippen molar-refractivity contribution in [3.63, 3.8) is 0 Å². The lowest BCUT2D eigenvalue weighted by Crippen LogP contribution is -2.14. The summed E-state index contributed by atoms with van der Waals surface area (Å²) < 4.78 is 0. The van der Waals surface area contributed by atoms with Gasteiger partial charge in [-0.1, -0.05) is 132 Å². The molecule has 0 nitrogen and oxygen atoms in total. The molecule has 0 bridgehead atoms. The molecule has 0 aliphatic rings. The van der Waals surface area contributed by atoms with Crippen LogP contribution in [0.3, 0.4) is 0 Å². The molecule has 0 rings (SSSR count). The second-order valence-electron chi connectivity index (χ2n) is 8.96. The van der Waals surface area contributed by atoms with E-state index in [1.54, 1.807) is 0 Å². The summed E-state index contributed by atoms with van der Waals surface area (Å²) in [7, 11) is 0. The summed E-state index contributed by atoms with van der Waals surface area (Å²) in [6, 6.07) is 0. The largest absolute Gasteiger partial charge is 0.0910 e. The van der Waals surface area contributed by atoms with E-state index in [0.29, 0.717) is 11.8 Å². The fourth-order valence-corrected chi connectivity index (χ4v) is 4.37. The van der Waals surface area contributed by atoms with Crippen molar-refractivity contribution in [1.82, 2.24) is 0 Å². The maximum atomic E-state index is 2.54. The molecule has 0 amide bonds. The zero-order chi connectivity index (χ0) is 23.9. The van der Waals surface area contributed by atoms with Crippen molar-refractivity contribution < 1.29 is 0 Å². The summed E-state index contributed by atoms with van der Waals surface area (Å²) in [6.07, 6.45) is 39.2. The predicted molar refractivity (Wildman–Crippen MR) is 149 cm³/mol. The fourth-order valence-electron chi connectivity index (χ4n) is 4.37. The van der Waals surface area contributed by atoms with Gasteiger partial charge in [0.15, 0.2) is 0 Å². The molecule has 0 spiro atoms. The van der Waals surface area contributed by atoms with Crippen molar-refractivity contribution in [2.24, 2.45) is 11.8 Å². The monoisotopic (exact) mass is 438 g/mol. The molecule has 0 aromatic heterocycles. The fraction of sp³-hybridized carbons (Fsp3) is 0.625. The van der Waals surface area contributed by atoms with Crippen LogP contribution >= 0.6 is 0 Å².